The number of rotatable bonds is 4. The summed E-state index contributed by atoms with van der Waals surface area (Å²) in [5, 5.41) is 5.63. The maximum Gasteiger partial charge on any atom is 0.319 e. The maximum absolute atomic E-state index is 12.0. The Kier molecular flexibility index (Phi) is 4.12. The number of hydrogen-bond donors (Lipinski definition) is 2. The van der Waals surface area contributed by atoms with Crippen molar-refractivity contribution in [1.82, 2.24) is 14.7 Å². The molecule has 4 rings (SSSR count). The fourth-order valence-electron chi connectivity index (χ4n) is 2.71. The molecule has 7 heteroatoms. The number of carbonyl (C=O) groups is 1. The number of benzene rings is 1. The number of hydrogen-bond acceptors (Lipinski definition) is 4. The molecule has 0 bridgehead atoms. The molecule has 25 heavy (non-hydrogen) atoms. The molecule has 0 fully saturated rings. The normalized spacial score (nSPS) is 12.8. The van der Waals surface area contributed by atoms with Crippen LogP contribution in [0.25, 0.3) is 5.65 Å². The number of carbonyl (C=O) groups excluding carboxylic acids is 1. The molecule has 0 radical (unpaired) electrons. The van der Waals surface area contributed by atoms with E-state index < -0.39 is 0 Å². The number of nitrogens with one attached hydrogen (secondary N) is 2. The molecule has 2 aromatic heterocycles. The van der Waals surface area contributed by atoms with Crippen LogP contribution in [-0.4, -0.2) is 35.2 Å². The highest BCUT2D eigenvalue weighted by molar-refractivity contribution is 5.89. The minimum Gasteiger partial charge on any atom is -0.486 e. The number of amides is 2. The van der Waals surface area contributed by atoms with Gasteiger partial charge in [-0.15, -0.1) is 0 Å². The number of urea groups is 1. The summed E-state index contributed by atoms with van der Waals surface area (Å²) in [6, 6.07) is 10.9. The molecule has 1 aliphatic rings. The lowest BCUT2D eigenvalue weighted by molar-refractivity contribution is 0.171. The van der Waals surface area contributed by atoms with Gasteiger partial charge < -0.3 is 24.5 Å². The average molecular weight is 338 g/mol. The monoisotopic (exact) mass is 338 g/mol. The zero-order chi connectivity index (χ0) is 17.1. The van der Waals surface area contributed by atoms with E-state index in [2.05, 4.69) is 15.6 Å². The Hall–Kier alpha value is -3.22. The molecule has 128 valence electrons. The first-order chi connectivity index (χ1) is 12.3. The van der Waals surface area contributed by atoms with Crippen LogP contribution >= 0.6 is 0 Å². The maximum atomic E-state index is 12.0. The zero-order valence-electron chi connectivity index (χ0n) is 13.6. The van der Waals surface area contributed by atoms with Gasteiger partial charge in [0.1, 0.15) is 18.9 Å². The minimum absolute atomic E-state index is 0.263. The molecule has 1 aromatic carbocycles. The van der Waals surface area contributed by atoms with Crippen molar-refractivity contribution in [3.63, 3.8) is 0 Å². The number of ether oxygens (including phenoxy) is 2. The fourth-order valence-corrected chi connectivity index (χ4v) is 2.71. The van der Waals surface area contributed by atoms with Crippen LogP contribution in [-0.2, 0) is 6.42 Å². The predicted octanol–water partition coefficient (Wildman–Crippen LogP) is 2.47. The minimum atomic E-state index is -0.263. The summed E-state index contributed by atoms with van der Waals surface area (Å²) in [5.74, 6) is 1.35. The van der Waals surface area contributed by atoms with E-state index in [0.717, 1.165) is 11.3 Å². The van der Waals surface area contributed by atoms with E-state index in [1.54, 1.807) is 18.2 Å². The van der Waals surface area contributed by atoms with Gasteiger partial charge in [-0.25, -0.2) is 9.78 Å². The first kappa shape index (κ1) is 15.3. The summed E-state index contributed by atoms with van der Waals surface area (Å²) in [6.45, 7) is 1.56. The number of pyridine rings is 1. The summed E-state index contributed by atoms with van der Waals surface area (Å²) in [7, 11) is 0. The van der Waals surface area contributed by atoms with Crippen LogP contribution in [0.15, 0.2) is 48.8 Å². The zero-order valence-corrected chi connectivity index (χ0v) is 13.6. The highest BCUT2D eigenvalue weighted by Crippen LogP contribution is 2.32. The lowest BCUT2D eigenvalue weighted by Gasteiger charge is -2.19. The SMILES string of the molecule is O=C(NCCc1cn2ccccc2n1)Nc1ccc2c(c1)OCCO2. The third kappa shape index (κ3) is 3.50. The van der Waals surface area contributed by atoms with E-state index in [1.165, 1.54) is 0 Å². The van der Waals surface area contributed by atoms with Crippen molar-refractivity contribution in [3.05, 3.63) is 54.5 Å². The quantitative estimate of drug-likeness (QED) is 0.766. The smallest absolute Gasteiger partial charge is 0.319 e. The van der Waals surface area contributed by atoms with Crippen molar-refractivity contribution < 1.29 is 14.3 Å². The molecule has 0 atom stereocenters. The molecule has 0 unspecified atom stereocenters. The van der Waals surface area contributed by atoms with Gasteiger partial charge in [0, 0.05) is 37.1 Å². The Morgan fingerprint density at radius 3 is 2.92 bits per heavy atom. The first-order valence-corrected chi connectivity index (χ1v) is 8.15. The van der Waals surface area contributed by atoms with E-state index in [4.69, 9.17) is 9.47 Å². The van der Waals surface area contributed by atoms with Gasteiger partial charge in [-0.2, -0.15) is 0 Å². The fraction of sp³-hybridized carbons (Fsp3) is 0.222. The number of fused-ring (bicyclic) bond motifs is 2. The largest absolute Gasteiger partial charge is 0.486 e. The van der Waals surface area contributed by atoms with Crippen LogP contribution in [0.2, 0.25) is 0 Å². The van der Waals surface area contributed by atoms with E-state index in [1.807, 2.05) is 35.0 Å². The molecule has 7 nitrogen and oxygen atoms in total. The van der Waals surface area contributed by atoms with Gasteiger partial charge in [0.25, 0.3) is 0 Å². The van der Waals surface area contributed by atoms with Crippen LogP contribution in [0.5, 0.6) is 11.5 Å². The van der Waals surface area contributed by atoms with Crippen LogP contribution in [0.3, 0.4) is 0 Å². The van der Waals surface area contributed by atoms with E-state index in [-0.39, 0.29) is 6.03 Å². The van der Waals surface area contributed by atoms with Gasteiger partial charge in [0.15, 0.2) is 11.5 Å². The van der Waals surface area contributed by atoms with Crippen molar-refractivity contribution >= 4 is 17.4 Å². The molecule has 0 aliphatic carbocycles. The molecule has 2 amide bonds. The van der Waals surface area contributed by atoms with Crippen molar-refractivity contribution in [1.29, 1.82) is 0 Å². The van der Waals surface area contributed by atoms with Gasteiger partial charge >= 0.3 is 6.03 Å². The van der Waals surface area contributed by atoms with Crippen LogP contribution in [0.4, 0.5) is 10.5 Å². The Morgan fingerprint density at radius 2 is 2.04 bits per heavy atom. The summed E-state index contributed by atoms with van der Waals surface area (Å²) in [6.07, 6.45) is 4.58. The highest BCUT2D eigenvalue weighted by Gasteiger charge is 2.12. The standard InChI is InChI=1S/C18H18N4O3/c23-18(21-13-4-5-15-16(11-13)25-10-9-24-15)19-7-6-14-12-22-8-2-1-3-17(22)20-14/h1-5,8,11-12H,6-7,9-10H2,(H2,19,21,23). The molecule has 3 heterocycles. The van der Waals surface area contributed by atoms with Crippen LogP contribution < -0.4 is 20.1 Å². The van der Waals surface area contributed by atoms with Crippen molar-refractivity contribution in [2.75, 3.05) is 25.1 Å². The Balaban J connectivity index is 1.30. The van der Waals surface area contributed by atoms with Gasteiger partial charge in [0.2, 0.25) is 0 Å². The van der Waals surface area contributed by atoms with E-state index in [0.29, 0.717) is 43.4 Å². The first-order valence-electron chi connectivity index (χ1n) is 8.15. The van der Waals surface area contributed by atoms with Gasteiger partial charge in [-0.3, -0.25) is 0 Å². The van der Waals surface area contributed by atoms with Crippen molar-refractivity contribution in [3.8, 4) is 11.5 Å². The number of nitrogens with zero attached hydrogens (tertiary/aromatic N) is 2. The molecular weight excluding hydrogens is 320 g/mol. The molecule has 0 spiro atoms. The van der Waals surface area contributed by atoms with Crippen molar-refractivity contribution in [2.24, 2.45) is 0 Å². The second kappa shape index (κ2) is 6.72. The molecule has 1 aliphatic heterocycles. The lowest BCUT2D eigenvalue weighted by atomic mass is 10.2. The van der Waals surface area contributed by atoms with E-state index >= 15 is 0 Å². The lowest BCUT2D eigenvalue weighted by Crippen LogP contribution is -2.30. The molecule has 0 saturated heterocycles. The number of aromatic nitrogens is 2. The topological polar surface area (TPSA) is 76.9 Å². The van der Waals surface area contributed by atoms with Crippen LogP contribution in [0, 0.1) is 0 Å². The summed E-state index contributed by atoms with van der Waals surface area (Å²) in [4.78, 5) is 16.5. The van der Waals surface area contributed by atoms with Gasteiger partial charge in [-0.05, 0) is 24.3 Å². The average Bonchev–Trinajstić information content (AvgIpc) is 3.04. The van der Waals surface area contributed by atoms with Gasteiger partial charge in [-0.1, -0.05) is 6.07 Å². The second-order valence-electron chi connectivity index (χ2n) is 5.69. The molecule has 3 aromatic rings. The molecule has 0 saturated carbocycles. The Labute approximate surface area is 144 Å². The predicted molar refractivity (Wildman–Crippen MR) is 93.3 cm³/mol. The van der Waals surface area contributed by atoms with E-state index in [9.17, 15) is 4.79 Å². The Morgan fingerprint density at radius 1 is 1.16 bits per heavy atom. The summed E-state index contributed by atoms with van der Waals surface area (Å²) >= 11 is 0. The third-order valence-electron chi connectivity index (χ3n) is 3.88. The molecular formula is C18H18N4O3. The van der Waals surface area contributed by atoms with Crippen molar-refractivity contribution in [2.45, 2.75) is 6.42 Å². The number of imidazole rings is 1. The summed E-state index contributed by atoms with van der Waals surface area (Å²) in [5.41, 5.74) is 2.50. The number of anilines is 1. The molecule has 2 N–H and O–H groups in total. The highest BCUT2D eigenvalue weighted by atomic mass is 16.6. The summed E-state index contributed by atoms with van der Waals surface area (Å²) < 4.78 is 12.9. The van der Waals surface area contributed by atoms with Gasteiger partial charge in [0.05, 0.1) is 5.69 Å². The third-order valence-corrected chi connectivity index (χ3v) is 3.88. The van der Waals surface area contributed by atoms with Crippen LogP contribution in [0.1, 0.15) is 5.69 Å². The second-order valence-corrected chi connectivity index (χ2v) is 5.69. The Bertz CT molecular complexity index is 873.